The number of ether oxygens (including phenoxy) is 6. The van der Waals surface area contributed by atoms with Crippen LogP contribution in [0.25, 0.3) is 0 Å². The molecule has 19 heteroatoms. The molecule has 0 aromatic carbocycles. The van der Waals surface area contributed by atoms with Crippen LogP contribution in [-0.2, 0) is 33.2 Å². The van der Waals surface area contributed by atoms with Crippen molar-refractivity contribution in [3.8, 4) is 0 Å². The zero-order valence-electron chi connectivity index (χ0n) is 64.0. The van der Waals surface area contributed by atoms with Crippen LogP contribution >= 0.6 is 0 Å². The zero-order valence-corrected chi connectivity index (χ0v) is 64.0. The average molecular weight is 1470 g/mol. The second-order valence-corrected chi connectivity index (χ2v) is 28.5. The summed E-state index contributed by atoms with van der Waals surface area (Å²) in [7, 11) is 0. The van der Waals surface area contributed by atoms with E-state index >= 15 is 0 Å². The highest BCUT2D eigenvalue weighted by molar-refractivity contribution is 5.76. The van der Waals surface area contributed by atoms with Crippen molar-refractivity contribution >= 4 is 5.91 Å². The van der Waals surface area contributed by atoms with Crippen molar-refractivity contribution in [3.63, 3.8) is 0 Å². The molecule has 0 spiro atoms. The lowest BCUT2D eigenvalue weighted by atomic mass is 9.96. The first kappa shape index (κ1) is 94.4. The van der Waals surface area contributed by atoms with Crippen molar-refractivity contribution in [1.29, 1.82) is 0 Å². The molecule has 3 heterocycles. The molecule has 3 saturated heterocycles. The van der Waals surface area contributed by atoms with Crippen LogP contribution in [0.1, 0.15) is 277 Å². The van der Waals surface area contributed by atoms with Crippen molar-refractivity contribution in [2.24, 2.45) is 0 Å². The highest BCUT2D eigenvalue weighted by Crippen LogP contribution is 2.33. The van der Waals surface area contributed by atoms with Gasteiger partial charge in [-0.15, -0.1) is 0 Å². The van der Waals surface area contributed by atoms with Gasteiger partial charge in [0.05, 0.1) is 38.6 Å². The maximum atomic E-state index is 13.5. The lowest BCUT2D eigenvalue weighted by Gasteiger charge is -2.48. The Morgan fingerprint density at radius 1 is 0.356 bits per heavy atom. The van der Waals surface area contributed by atoms with Gasteiger partial charge in [0.25, 0.3) is 0 Å². The molecule has 17 atom stereocenters. The fraction of sp³-hybridized carbons (Fsp3) is 0.753. The number of aliphatic hydroxyl groups is 11. The van der Waals surface area contributed by atoms with E-state index in [9.17, 15) is 61.0 Å². The molecule has 3 rings (SSSR count). The fourth-order valence-electron chi connectivity index (χ4n) is 13.0. The van der Waals surface area contributed by atoms with Gasteiger partial charge in [0.15, 0.2) is 18.9 Å². The zero-order chi connectivity index (χ0) is 75.3. The number of rotatable bonds is 63. The first-order valence-electron chi connectivity index (χ1n) is 40.8. The Morgan fingerprint density at radius 3 is 1.08 bits per heavy atom. The average Bonchev–Trinajstić information content (AvgIpc) is 0.781. The van der Waals surface area contributed by atoms with Crippen molar-refractivity contribution in [1.82, 2.24) is 5.32 Å². The number of allylic oxidation sites excluding steroid dienone is 19. The quantitative estimate of drug-likeness (QED) is 0.0199. The number of carbonyl (C=O) groups excluding carboxylic acids is 1. The van der Waals surface area contributed by atoms with Crippen molar-refractivity contribution in [2.45, 2.75) is 381 Å². The number of carbonyl (C=O) groups is 1. The molecule has 19 nitrogen and oxygen atoms in total. The maximum Gasteiger partial charge on any atom is 0.220 e. The number of aliphatic hydroxyl groups excluding tert-OH is 11. The second kappa shape index (κ2) is 64.1. The van der Waals surface area contributed by atoms with Gasteiger partial charge in [-0.2, -0.15) is 0 Å². The van der Waals surface area contributed by atoms with Crippen LogP contribution in [0.15, 0.2) is 122 Å². The van der Waals surface area contributed by atoms with Gasteiger partial charge in [0.2, 0.25) is 5.91 Å². The Labute approximate surface area is 627 Å². The van der Waals surface area contributed by atoms with Crippen LogP contribution in [0, 0.1) is 0 Å². The SMILES string of the molecule is CC/C=C\C/C=C\C/C=C\C/C=C\C/C=C\C/C=C\C/C=C\CCCCCCCCCC(=O)NC(COC1OC(CO)C(OC2OC(CO)C(OC3OC(CO)C(O)C(O)C3O)C(O)C2O)C(O)C1O)C(O)/C=C/CC/C=C/CC/C=C/CCCCCCCCCCCCCCCCCCCCCC. The van der Waals surface area contributed by atoms with Crippen molar-refractivity contribution in [2.75, 3.05) is 26.4 Å². The van der Waals surface area contributed by atoms with E-state index in [-0.39, 0.29) is 18.9 Å². The normalized spacial score (nSPS) is 26.6. The summed E-state index contributed by atoms with van der Waals surface area (Å²) >= 11 is 0. The summed E-state index contributed by atoms with van der Waals surface area (Å²) in [6.07, 6.45) is 63.3. The van der Waals surface area contributed by atoms with E-state index in [0.29, 0.717) is 12.8 Å². The molecule has 104 heavy (non-hydrogen) atoms. The van der Waals surface area contributed by atoms with E-state index in [1.165, 1.54) is 128 Å². The lowest BCUT2D eigenvalue weighted by Crippen LogP contribution is -2.66. The van der Waals surface area contributed by atoms with Crippen LogP contribution in [-0.4, -0.2) is 193 Å². The molecule has 598 valence electrons. The Balaban J connectivity index is 1.41. The maximum absolute atomic E-state index is 13.5. The summed E-state index contributed by atoms with van der Waals surface area (Å²) in [5.74, 6) is -0.304. The minimum Gasteiger partial charge on any atom is -0.394 e. The third kappa shape index (κ3) is 43.4. The number of unbranched alkanes of at least 4 members (excludes halogenated alkanes) is 29. The molecule has 17 unspecified atom stereocenters. The van der Waals surface area contributed by atoms with Crippen molar-refractivity contribution < 1.29 is 89.4 Å². The van der Waals surface area contributed by atoms with Gasteiger partial charge >= 0.3 is 0 Å². The van der Waals surface area contributed by atoms with Gasteiger partial charge in [-0.25, -0.2) is 0 Å². The highest BCUT2D eigenvalue weighted by Gasteiger charge is 2.54. The van der Waals surface area contributed by atoms with Gasteiger partial charge in [0, 0.05) is 6.42 Å². The first-order chi connectivity index (χ1) is 50.8. The largest absolute Gasteiger partial charge is 0.394 e. The third-order valence-electron chi connectivity index (χ3n) is 19.5. The molecule has 12 N–H and O–H groups in total. The van der Waals surface area contributed by atoms with Crippen molar-refractivity contribution in [3.05, 3.63) is 122 Å². The topological polar surface area (TPSA) is 307 Å². The van der Waals surface area contributed by atoms with E-state index in [1.807, 2.05) is 6.08 Å². The minimum atomic E-state index is -1.99. The van der Waals surface area contributed by atoms with Gasteiger partial charge in [0.1, 0.15) is 73.2 Å². The summed E-state index contributed by atoms with van der Waals surface area (Å²) in [4.78, 5) is 13.5. The summed E-state index contributed by atoms with van der Waals surface area (Å²) in [5.41, 5.74) is 0. The molecular weight excluding hydrogens is 1320 g/mol. The smallest absolute Gasteiger partial charge is 0.220 e. The Morgan fingerprint density at radius 2 is 0.673 bits per heavy atom. The third-order valence-corrected chi connectivity index (χ3v) is 19.5. The molecule has 0 bridgehead atoms. The number of hydrogen-bond acceptors (Lipinski definition) is 18. The van der Waals surface area contributed by atoms with Crippen LogP contribution < -0.4 is 5.32 Å². The summed E-state index contributed by atoms with van der Waals surface area (Å²) in [6, 6.07) is -1.01. The fourth-order valence-corrected chi connectivity index (χ4v) is 13.0. The predicted molar refractivity (Wildman–Crippen MR) is 415 cm³/mol. The highest BCUT2D eigenvalue weighted by atomic mass is 16.8. The number of hydrogen-bond donors (Lipinski definition) is 12. The number of amides is 1. The molecule has 0 aliphatic carbocycles. The van der Waals surface area contributed by atoms with E-state index in [0.717, 1.165) is 116 Å². The summed E-state index contributed by atoms with van der Waals surface area (Å²) < 4.78 is 34.4. The van der Waals surface area contributed by atoms with Gasteiger partial charge in [-0.05, 0) is 103 Å². The summed E-state index contributed by atoms with van der Waals surface area (Å²) in [6.45, 7) is 1.60. The van der Waals surface area contributed by atoms with Crippen LogP contribution in [0.3, 0.4) is 0 Å². The molecule has 3 fully saturated rings. The molecule has 0 radical (unpaired) electrons. The second-order valence-electron chi connectivity index (χ2n) is 28.5. The predicted octanol–water partition coefficient (Wildman–Crippen LogP) is 13.9. The monoisotopic (exact) mass is 1470 g/mol. The van der Waals surface area contributed by atoms with Gasteiger partial charge in [-0.1, -0.05) is 289 Å². The van der Waals surface area contributed by atoms with Gasteiger partial charge in [-0.3, -0.25) is 4.79 Å². The van der Waals surface area contributed by atoms with E-state index in [4.69, 9.17) is 28.4 Å². The Bertz CT molecular complexity index is 2350. The minimum absolute atomic E-state index is 0.211. The standard InChI is InChI=1S/C85H145NO18/c1-3-5-7-9-11-13-15-17-19-21-23-25-27-29-31-33-35-36-38-40-42-44-46-48-50-52-54-56-58-60-62-69(90)68(86-73(91)63-61-59-57-55-53-51-49-47-45-43-41-39-37-34-32-30-28-26-24-22-20-18-16-14-12-10-8-6-4-2)67-99-83-79(97)76(94)81(71(65-88)101-83)104-85-80(98)77(95)82(72(66-89)102-85)103-84-78(96)75(93)74(92)70(64-87)100-84/h6,8,12,14,18,20,24,26,30,32,37,39,43-46,52,54,60,62,68-72,74-85,87-90,92-98H,3-5,7,9-11,13,15-17,19,21-23,25,27-29,31,33-36,38,40-42,47-51,53,55-59,61,63-67H2,1-2H3,(H,86,91)/b8-6-,14-12-,20-18-,26-24-,32-30-,39-37-,45-43-,46-44+,54-52+,62-60+. The molecular formula is C85H145NO18. The summed E-state index contributed by atoms with van der Waals surface area (Å²) in [5, 5.41) is 121. The molecule has 3 aliphatic rings. The van der Waals surface area contributed by atoms with Crippen LogP contribution in [0.2, 0.25) is 0 Å². The molecule has 0 aromatic rings. The van der Waals surface area contributed by atoms with E-state index in [1.54, 1.807) is 6.08 Å². The molecule has 0 saturated carbocycles. The van der Waals surface area contributed by atoms with E-state index in [2.05, 4.69) is 129 Å². The molecule has 1 amide bonds. The molecule has 3 aliphatic heterocycles. The number of nitrogens with one attached hydrogen (secondary N) is 1. The van der Waals surface area contributed by atoms with Gasteiger partial charge < -0.3 is 89.9 Å². The van der Waals surface area contributed by atoms with E-state index < -0.39 is 124 Å². The molecule has 0 aromatic heterocycles. The van der Waals surface area contributed by atoms with Crippen LogP contribution in [0.4, 0.5) is 0 Å². The Hall–Kier alpha value is -3.81. The van der Waals surface area contributed by atoms with Crippen LogP contribution in [0.5, 0.6) is 0 Å². The lowest BCUT2D eigenvalue weighted by molar-refractivity contribution is -0.379. The Kier molecular flexibility index (Phi) is 58.1. The first-order valence-corrected chi connectivity index (χ1v) is 40.8.